The Morgan fingerprint density at radius 3 is 2.96 bits per heavy atom. The van der Waals surface area contributed by atoms with E-state index >= 15 is 0 Å². The second-order valence-electron chi connectivity index (χ2n) is 7.69. The van der Waals surface area contributed by atoms with E-state index in [1.807, 2.05) is 50.4 Å². The fraction of sp³-hybridized carbons (Fsp3) is 0.348. The van der Waals surface area contributed by atoms with E-state index in [0.717, 1.165) is 60.2 Å². The number of carbonyl (C=O) groups is 1. The van der Waals surface area contributed by atoms with Gasteiger partial charge >= 0.3 is 0 Å². The van der Waals surface area contributed by atoms with E-state index in [-0.39, 0.29) is 11.9 Å². The number of aromatic nitrogens is 2. The Morgan fingerprint density at radius 1 is 1.25 bits per heavy atom. The van der Waals surface area contributed by atoms with Crippen LogP contribution in [0.3, 0.4) is 0 Å². The fourth-order valence-corrected chi connectivity index (χ4v) is 4.04. The van der Waals surface area contributed by atoms with E-state index in [9.17, 15) is 4.79 Å². The van der Waals surface area contributed by atoms with Crippen LogP contribution in [0.4, 0.5) is 0 Å². The van der Waals surface area contributed by atoms with E-state index in [1.54, 1.807) is 6.20 Å². The number of para-hydroxylation sites is 1. The fourth-order valence-electron chi connectivity index (χ4n) is 4.04. The lowest BCUT2D eigenvalue weighted by atomic mass is 10.0. The number of hydrogen-bond acceptors (Lipinski definition) is 4. The maximum Gasteiger partial charge on any atom is 0.252 e. The maximum absolute atomic E-state index is 13.1. The molecule has 1 amide bonds. The van der Waals surface area contributed by atoms with E-state index in [0.29, 0.717) is 0 Å². The first kappa shape index (κ1) is 18.6. The second-order valence-corrected chi connectivity index (χ2v) is 7.69. The van der Waals surface area contributed by atoms with Crippen LogP contribution < -0.4 is 5.32 Å². The van der Waals surface area contributed by atoms with Crippen molar-refractivity contribution in [1.82, 2.24) is 20.2 Å². The van der Waals surface area contributed by atoms with Crippen molar-refractivity contribution in [3.05, 3.63) is 71.2 Å². The van der Waals surface area contributed by atoms with Crippen LogP contribution in [0.1, 0.15) is 40.0 Å². The normalized spacial score (nSPS) is 17.6. The number of rotatable bonds is 4. The Labute approximate surface area is 165 Å². The Morgan fingerprint density at radius 2 is 2.14 bits per heavy atom. The summed E-state index contributed by atoms with van der Waals surface area (Å²) < 4.78 is 0. The highest BCUT2D eigenvalue weighted by molar-refractivity contribution is 6.06. The molecule has 5 heteroatoms. The maximum atomic E-state index is 13.1. The summed E-state index contributed by atoms with van der Waals surface area (Å²) in [5, 5.41) is 4.19. The smallest absolute Gasteiger partial charge is 0.252 e. The van der Waals surface area contributed by atoms with Gasteiger partial charge < -0.3 is 5.32 Å². The molecule has 0 aliphatic carbocycles. The molecule has 0 saturated carbocycles. The lowest BCUT2D eigenvalue weighted by Crippen LogP contribution is -2.47. The number of pyridine rings is 2. The number of hydrogen-bond donors (Lipinski definition) is 1. The molecule has 4 rings (SSSR count). The number of nitrogens with zero attached hydrogens (tertiary/aromatic N) is 3. The molecule has 1 N–H and O–H groups in total. The average molecular weight is 374 g/mol. The summed E-state index contributed by atoms with van der Waals surface area (Å²) in [5.74, 6) is -0.00525. The number of aryl methyl sites for hydroxylation is 2. The standard InChI is InChI=1S/C23H26N4O/c1-16-6-3-9-20-21(12-17(2)25-22(16)20)23(28)26-19-8-5-11-27(15-19)14-18-7-4-10-24-13-18/h3-4,6-7,9-10,12-13,19H,5,8,11,14-15H2,1-2H3,(H,26,28)/t19-/m0/s1. The van der Waals surface area contributed by atoms with Gasteiger partial charge in [-0.1, -0.05) is 24.3 Å². The third kappa shape index (κ3) is 4.04. The average Bonchev–Trinajstić information content (AvgIpc) is 2.69. The first-order valence-electron chi connectivity index (χ1n) is 9.89. The van der Waals surface area contributed by atoms with Crippen molar-refractivity contribution in [1.29, 1.82) is 0 Å². The number of amides is 1. The number of carbonyl (C=O) groups excluding carboxylic acids is 1. The van der Waals surface area contributed by atoms with Crippen molar-refractivity contribution < 1.29 is 4.79 Å². The lowest BCUT2D eigenvalue weighted by molar-refractivity contribution is 0.0902. The summed E-state index contributed by atoms with van der Waals surface area (Å²) in [6.07, 6.45) is 5.80. The highest BCUT2D eigenvalue weighted by Gasteiger charge is 2.23. The van der Waals surface area contributed by atoms with Crippen molar-refractivity contribution in [2.24, 2.45) is 0 Å². The Bertz CT molecular complexity index is 987. The van der Waals surface area contributed by atoms with Crippen molar-refractivity contribution >= 4 is 16.8 Å². The van der Waals surface area contributed by atoms with Gasteiger partial charge in [0.2, 0.25) is 0 Å². The zero-order chi connectivity index (χ0) is 19.5. The molecule has 2 aromatic heterocycles. The van der Waals surface area contributed by atoms with E-state index in [1.165, 1.54) is 5.56 Å². The van der Waals surface area contributed by atoms with Crippen LogP contribution >= 0.6 is 0 Å². The number of likely N-dealkylation sites (tertiary alicyclic amines) is 1. The summed E-state index contributed by atoms with van der Waals surface area (Å²) >= 11 is 0. The van der Waals surface area contributed by atoms with Gasteiger partial charge in [0.15, 0.2) is 0 Å². The summed E-state index contributed by atoms with van der Waals surface area (Å²) in [6.45, 7) is 6.77. The highest BCUT2D eigenvalue weighted by Crippen LogP contribution is 2.22. The molecule has 3 heterocycles. The molecule has 1 aliphatic heterocycles. The van der Waals surface area contributed by atoms with E-state index in [4.69, 9.17) is 0 Å². The number of benzene rings is 1. The van der Waals surface area contributed by atoms with Crippen LogP contribution in [0.25, 0.3) is 10.9 Å². The lowest BCUT2D eigenvalue weighted by Gasteiger charge is -2.33. The third-order valence-electron chi connectivity index (χ3n) is 5.38. The van der Waals surface area contributed by atoms with Gasteiger partial charge in [0.25, 0.3) is 5.91 Å². The van der Waals surface area contributed by atoms with E-state index < -0.39 is 0 Å². The Hall–Kier alpha value is -2.79. The molecule has 1 atom stereocenters. The number of nitrogens with one attached hydrogen (secondary N) is 1. The van der Waals surface area contributed by atoms with Gasteiger partial charge in [0.05, 0.1) is 11.1 Å². The summed E-state index contributed by atoms with van der Waals surface area (Å²) in [4.78, 5) is 24.3. The van der Waals surface area contributed by atoms with Gasteiger partial charge in [-0.15, -0.1) is 0 Å². The zero-order valence-electron chi connectivity index (χ0n) is 16.5. The highest BCUT2D eigenvalue weighted by atomic mass is 16.1. The minimum absolute atomic E-state index is 0.00525. The van der Waals surface area contributed by atoms with Gasteiger partial charge in [-0.05, 0) is 56.5 Å². The molecule has 5 nitrogen and oxygen atoms in total. The van der Waals surface area contributed by atoms with Crippen molar-refractivity contribution in [3.8, 4) is 0 Å². The van der Waals surface area contributed by atoms with Gasteiger partial charge in [0.1, 0.15) is 0 Å². The predicted octanol–water partition coefficient (Wildman–Crippen LogP) is 3.64. The topological polar surface area (TPSA) is 58.1 Å². The molecule has 28 heavy (non-hydrogen) atoms. The zero-order valence-corrected chi connectivity index (χ0v) is 16.5. The molecule has 1 fully saturated rings. The van der Waals surface area contributed by atoms with Crippen LogP contribution in [0.15, 0.2) is 48.8 Å². The number of fused-ring (bicyclic) bond motifs is 1. The van der Waals surface area contributed by atoms with Crippen LogP contribution in [0.2, 0.25) is 0 Å². The molecule has 0 bridgehead atoms. The van der Waals surface area contributed by atoms with Crippen LogP contribution in [0, 0.1) is 13.8 Å². The van der Waals surface area contributed by atoms with Gasteiger partial charge in [-0.2, -0.15) is 0 Å². The molecule has 0 unspecified atom stereocenters. The first-order valence-corrected chi connectivity index (χ1v) is 9.89. The predicted molar refractivity (Wildman–Crippen MR) is 111 cm³/mol. The molecule has 1 aromatic carbocycles. The molecule has 3 aromatic rings. The third-order valence-corrected chi connectivity index (χ3v) is 5.38. The van der Waals surface area contributed by atoms with Crippen molar-refractivity contribution in [3.63, 3.8) is 0 Å². The molecule has 0 radical (unpaired) electrons. The molecular weight excluding hydrogens is 348 g/mol. The van der Waals surface area contributed by atoms with Crippen LogP contribution in [-0.4, -0.2) is 39.9 Å². The molecule has 144 valence electrons. The van der Waals surface area contributed by atoms with Crippen LogP contribution in [0.5, 0.6) is 0 Å². The van der Waals surface area contributed by atoms with Gasteiger partial charge in [-0.25, -0.2) is 0 Å². The molecular formula is C23H26N4O. The minimum atomic E-state index is -0.00525. The summed E-state index contributed by atoms with van der Waals surface area (Å²) in [6, 6.07) is 12.1. The van der Waals surface area contributed by atoms with Crippen LogP contribution in [-0.2, 0) is 6.54 Å². The number of piperidine rings is 1. The Balaban J connectivity index is 1.49. The van der Waals surface area contributed by atoms with Crippen molar-refractivity contribution in [2.75, 3.05) is 13.1 Å². The Kier molecular flexibility index (Phi) is 5.35. The SMILES string of the molecule is Cc1cc(C(=O)N[C@H]2CCCN(Cc3cccnc3)C2)c2cccc(C)c2n1. The molecule has 1 saturated heterocycles. The first-order chi connectivity index (χ1) is 13.6. The van der Waals surface area contributed by atoms with Gasteiger partial charge in [0, 0.05) is 42.6 Å². The largest absolute Gasteiger partial charge is 0.348 e. The van der Waals surface area contributed by atoms with Gasteiger partial charge in [-0.3, -0.25) is 19.7 Å². The van der Waals surface area contributed by atoms with E-state index in [2.05, 4.69) is 26.3 Å². The molecule has 0 spiro atoms. The second kappa shape index (κ2) is 8.07. The quantitative estimate of drug-likeness (QED) is 0.757. The van der Waals surface area contributed by atoms with Crippen molar-refractivity contribution in [2.45, 2.75) is 39.3 Å². The minimum Gasteiger partial charge on any atom is -0.348 e. The summed E-state index contributed by atoms with van der Waals surface area (Å²) in [5.41, 5.74) is 4.80. The monoisotopic (exact) mass is 374 g/mol. The summed E-state index contributed by atoms with van der Waals surface area (Å²) in [7, 11) is 0. The molecule has 1 aliphatic rings.